The van der Waals surface area contributed by atoms with Crippen molar-refractivity contribution in [3.63, 3.8) is 0 Å². The normalized spacial score (nSPS) is 12.5. The quantitative estimate of drug-likeness (QED) is 0.840. The van der Waals surface area contributed by atoms with E-state index in [0.717, 1.165) is 0 Å². The smallest absolute Gasteiger partial charge is 0.236 e. The first-order valence-electron chi connectivity index (χ1n) is 6.24. The minimum Gasteiger partial charge on any atom is -0.395 e. The van der Waals surface area contributed by atoms with Crippen molar-refractivity contribution >= 4 is 5.91 Å². The number of carbonyl (C=O) groups is 1. The average Bonchev–Trinajstić information content (AvgIpc) is 2.40. The Labute approximate surface area is 113 Å². The average molecular weight is 268 g/mol. The molecule has 1 aromatic rings. The van der Waals surface area contributed by atoms with Gasteiger partial charge in [-0.2, -0.15) is 0 Å². The third kappa shape index (κ3) is 4.61. The molecule has 0 saturated heterocycles. The number of aliphatic hydroxyl groups is 1. The van der Waals surface area contributed by atoms with Crippen molar-refractivity contribution in [2.75, 3.05) is 27.2 Å². The Morgan fingerprint density at radius 3 is 2.58 bits per heavy atom. The minimum absolute atomic E-state index is 0.000801. The second-order valence-electron chi connectivity index (χ2n) is 4.79. The zero-order valence-electron chi connectivity index (χ0n) is 11.6. The second-order valence-corrected chi connectivity index (χ2v) is 4.79. The molecule has 0 aliphatic carbocycles. The molecular formula is C14H21FN2O2. The van der Waals surface area contributed by atoms with E-state index in [4.69, 9.17) is 5.11 Å². The highest BCUT2D eigenvalue weighted by molar-refractivity contribution is 5.78. The Kier molecular flexibility index (Phi) is 5.92. The highest BCUT2D eigenvalue weighted by Crippen LogP contribution is 2.09. The van der Waals surface area contributed by atoms with E-state index in [-0.39, 0.29) is 37.5 Å². The number of carbonyl (C=O) groups excluding carboxylic acids is 1. The van der Waals surface area contributed by atoms with Crippen LogP contribution in [-0.2, 0) is 11.3 Å². The predicted molar refractivity (Wildman–Crippen MR) is 72.1 cm³/mol. The number of halogens is 1. The van der Waals surface area contributed by atoms with Gasteiger partial charge in [0.25, 0.3) is 0 Å². The van der Waals surface area contributed by atoms with Crippen LogP contribution in [0.3, 0.4) is 0 Å². The van der Waals surface area contributed by atoms with Crippen LogP contribution in [0, 0.1) is 5.82 Å². The molecule has 0 aromatic heterocycles. The molecule has 0 saturated carbocycles. The molecule has 1 amide bonds. The van der Waals surface area contributed by atoms with Gasteiger partial charge in [-0.1, -0.05) is 18.2 Å². The fourth-order valence-corrected chi connectivity index (χ4v) is 1.60. The maximum Gasteiger partial charge on any atom is 0.236 e. The number of likely N-dealkylation sites (N-methyl/N-ethyl adjacent to an activating group) is 2. The van der Waals surface area contributed by atoms with Crippen LogP contribution in [0.4, 0.5) is 4.39 Å². The number of amides is 1. The first-order valence-corrected chi connectivity index (χ1v) is 6.24. The van der Waals surface area contributed by atoms with Crippen LogP contribution in [-0.4, -0.2) is 54.1 Å². The van der Waals surface area contributed by atoms with E-state index in [1.165, 1.54) is 11.0 Å². The summed E-state index contributed by atoms with van der Waals surface area (Å²) in [7, 11) is 3.42. The van der Waals surface area contributed by atoms with Crippen molar-refractivity contribution in [2.24, 2.45) is 0 Å². The van der Waals surface area contributed by atoms with E-state index in [0.29, 0.717) is 5.56 Å². The van der Waals surface area contributed by atoms with E-state index in [1.54, 1.807) is 37.2 Å². The van der Waals surface area contributed by atoms with Gasteiger partial charge in [0.15, 0.2) is 0 Å². The zero-order valence-corrected chi connectivity index (χ0v) is 11.6. The van der Waals surface area contributed by atoms with Crippen molar-refractivity contribution in [2.45, 2.75) is 19.5 Å². The molecule has 0 aliphatic heterocycles. The van der Waals surface area contributed by atoms with E-state index < -0.39 is 0 Å². The van der Waals surface area contributed by atoms with Gasteiger partial charge in [-0.3, -0.25) is 9.69 Å². The third-order valence-electron chi connectivity index (χ3n) is 3.19. The highest BCUT2D eigenvalue weighted by Gasteiger charge is 2.16. The van der Waals surface area contributed by atoms with Crippen molar-refractivity contribution in [1.82, 2.24) is 9.80 Å². The molecule has 1 N–H and O–H groups in total. The fourth-order valence-electron chi connectivity index (χ4n) is 1.60. The molecule has 106 valence electrons. The Bertz CT molecular complexity index is 426. The van der Waals surface area contributed by atoms with Crippen LogP contribution >= 0.6 is 0 Å². The summed E-state index contributed by atoms with van der Waals surface area (Å²) >= 11 is 0. The molecule has 0 bridgehead atoms. The maximum absolute atomic E-state index is 13.5. The highest BCUT2D eigenvalue weighted by atomic mass is 19.1. The third-order valence-corrected chi connectivity index (χ3v) is 3.19. The number of hydrogen-bond donors (Lipinski definition) is 1. The van der Waals surface area contributed by atoms with Crippen molar-refractivity contribution < 1.29 is 14.3 Å². The Hall–Kier alpha value is -1.46. The van der Waals surface area contributed by atoms with E-state index in [2.05, 4.69) is 0 Å². The summed E-state index contributed by atoms with van der Waals surface area (Å²) in [4.78, 5) is 15.2. The van der Waals surface area contributed by atoms with Gasteiger partial charge < -0.3 is 10.0 Å². The van der Waals surface area contributed by atoms with E-state index in [9.17, 15) is 9.18 Å². The first-order chi connectivity index (χ1) is 8.95. The van der Waals surface area contributed by atoms with E-state index in [1.807, 2.05) is 6.92 Å². The molecule has 0 aliphatic rings. The van der Waals surface area contributed by atoms with Crippen LogP contribution < -0.4 is 0 Å². The molecule has 5 heteroatoms. The summed E-state index contributed by atoms with van der Waals surface area (Å²) in [6.45, 7) is 2.28. The number of nitrogens with zero attached hydrogens (tertiary/aromatic N) is 2. The lowest BCUT2D eigenvalue weighted by Gasteiger charge is -2.25. The monoisotopic (exact) mass is 268 g/mol. The van der Waals surface area contributed by atoms with Gasteiger partial charge in [-0.05, 0) is 20.0 Å². The lowest BCUT2D eigenvalue weighted by atomic mass is 10.2. The lowest BCUT2D eigenvalue weighted by molar-refractivity contribution is -0.131. The van der Waals surface area contributed by atoms with Crippen LogP contribution in [0.25, 0.3) is 0 Å². The Morgan fingerprint density at radius 2 is 2.00 bits per heavy atom. The van der Waals surface area contributed by atoms with Crippen LogP contribution in [0.5, 0.6) is 0 Å². The standard InChI is InChI=1S/C14H21FN2O2/c1-11(10-18)16(2)9-14(19)17(3)8-12-6-4-5-7-13(12)15/h4-7,11,18H,8-10H2,1-3H3. The summed E-state index contributed by atoms with van der Waals surface area (Å²) in [5, 5.41) is 9.01. The van der Waals surface area contributed by atoms with Crippen molar-refractivity contribution in [3.8, 4) is 0 Å². The van der Waals surface area contributed by atoms with Gasteiger partial charge in [0, 0.05) is 25.2 Å². The van der Waals surface area contributed by atoms with Crippen LogP contribution in [0.2, 0.25) is 0 Å². The molecule has 4 nitrogen and oxygen atoms in total. The molecule has 1 atom stereocenters. The number of rotatable bonds is 6. The molecule has 0 heterocycles. The molecule has 1 unspecified atom stereocenters. The Balaban J connectivity index is 2.56. The molecule has 19 heavy (non-hydrogen) atoms. The van der Waals surface area contributed by atoms with Gasteiger partial charge in [0.05, 0.1) is 13.2 Å². The topological polar surface area (TPSA) is 43.8 Å². The van der Waals surface area contributed by atoms with Gasteiger partial charge in [-0.15, -0.1) is 0 Å². The van der Waals surface area contributed by atoms with Gasteiger partial charge in [0.2, 0.25) is 5.91 Å². The Morgan fingerprint density at radius 1 is 1.37 bits per heavy atom. The van der Waals surface area contributed by atoms with Gasteiger partial charge in [-0.25, -0.2) is 4.39 Å². The molecule has 0 spiro atoms. The maximum atomic E-state index is 13.5. The zero-order chi connectivity index (χ0) is 14.4. The molecular weight excluding hydrogens is 247 g/mol. The largest absolute Gasteiger partial charge is 0.395 e. The number of hydrogen-bond acceptors (Lipinski definition) is 3. The van der Waals surface area contributed by atoms with Gasteiger partial charge >= 0.3 is 0 Å². The molecule has 1 aromatic carbocycles. The number of benzene rings is 1. The van der Waals surface area contributed by atoms with Crippen LogP contribution in [0.15, 0.2) is 24.3 Å². The summed E-state index contributed by atoms with van der Waals surface area (Å²) in [5.74, 6) is -0.412. The van der Waals surface area contributed by atoms with Crippen LogP contribution in [0.1, 0.15) is 12.5 Å². The van der Waals surface area contributed by atoms with Gasteiger partial charge in [0.1, 0.15) is 5.82 Å². The van der Waals surface area contributed by atoms with Crippen molar-refractivity contribution in [3.05, 3.63) is 35.6 Å². The van der Waals surface area contributed by atoms with E-state index >= 15 is 0 Å². The molecule has 0 fully saturated rings. The lowest BCUT2D eigenvalue weighted by Crippen LogP contribution is -2.41. The summed E-state index contributed by atoms with van der Waals surface area (Å²) in [5.41, 5.74) is 0.496. The SMILES string of the molecule is CC(CO)N(C)CC(=O)N(C)Cc1ccccc1F. The summed E-state index contributed by atoms with van der Waals surface area (Å²) < 4.78 is 13.5. The second kappa shape index (κ2) is 7.21. The summed E-state index contributed by atoms with van der Waals surface area (Å²) in [6.07, 6.45) is 0. The number of aliphatic hydroxyl groups excluding tert-OH is 1. The molecule has 1 rings (SSSR count). The minimum atomic E-state index is -0.306. The first kappa shape index (κ1) is 15.6. The summed E-state index contributed by atoms with van der Waals surface area (Å²) in [6, 6.07) is 6.34. The molecule has 0 radical (unpaired) electrons. The fraction of sp³-hybridized carbons (Fsp3) is 0.500. The van der Waals surface area contributed by atoms with Crippen molar-refractivity contribution in [1.29, 1.82) is 0 Å². The predicted octanol–water partition coefficient (Wildman–Crippen LogP) is 1.10.